The van der Waals surface area contributed by atoms with Gasteiger partial charge < -0.3 is 10.1 Å². The van der Waals surface area contributed by atoms with Gasteiger partial charge in [-0.25, -0.2) is 8.78 Å². The molecule has 0 fully saturated rings. The van der Waals surface area contributed by atoms with E-state index < -0.39 is 11.6 Å². The molecule has 0 unspecified atom stereocenters. The standard InChI is InChI=1S/C11H13F2NO/c1-7-4-9(12)5-10(13)11(7)14-6-8(2)15-3/h4-5,14H,2,6H2,1,3H3. The second-order valence-electron chi connectivity index (χ2n) is 3.18. The molecule has 0 spiro atoms. The van der Waals surface area contributed by atoms with Crippen LogP contribution in [0.25, 0.3) is 0 Å². The van der Waals surface area contributed by atoms with Crippen LogP contribution in [0, 0.1) is 18.6 Å². The van der Waals surface area contributed by atoms with Crippen LogP contribution in [-0.4, -0.2) is 13.7 Å². The fourth-order valence-corrected chi connectivity index (χ4v) is 1.19. The minimum Gasteiger partial charge on any atom is -0.500 e. The third-order valence-corrected chi connectivity index (χ3v) is 2.00. The molecule has 0 saturated carbocycles. The average molecular weight is 213 g/mol. The average Bonchev–Trinajstić information content (AvgIpc) is 2.15. The zero-order valence-electron chi connectivity index (χ0n) is 8.73. The SMILES string of the molecule is C=C(CNc1c(C)cc(F)cc1F)OC. The summed E-state index contributed by atoms with van der Waals surface area (Å²) in [6.07, 6.45) is 0. The minimum absolute atomic E-state index is 0.273. The van der Waals surface area contributed by atoms with Crippen LogP contribution >= 0.6 is 0 Å². The zero-order chi connectivity index (χ0) is 11.4. The van der Waals surface area contributed by atoms with Gasteiger partial charge in [-0.3, -0.25) is 0 Å². The van der Waals surface area contributed by atoms with E-state index in [0.717, 1.165) is 6.07 Å². The van der Waals surface area contributed by atoms with Gasteiger partial charge in [-0.05, 0) is 18.6 Å². The second kappa shape index (κ2) is 4.77. The number of hydrogen-bond donors (Lipinski definition) is 1. The van der Waals surface area contributed by atoms with Crippen molar-refractivity contribution in [1.82, 2.24) is 0 Å². The summed E-state index contributed by atoms with van der Waals surface area (Å²) in [5, 5.41) is 2.79. The van der Waals surface area contributed by atoms with E-state index in [4.69, 9.17) is 4.74 Å². The molecule has 1 rings (SSSR count). The van der Waals surface area contributed by atoms with Gasteiger partial charge in [0.25, 0.3) is 0 Å². The van der Waals surface area contributed by atoms with Crippen LogP contribution in [0.1, 0.15) is 5.56 Å². The number of nitrogens with one attached hydrogen (secondary N) is 1. The van der Waals surface area contributed by atoms with Gasteiger partial charge in [0.2, 0.25) is 0 Å². The highest BCUT2D eigenvalue weighted by Crippen LogP contribution is 2.20. The highest BCUT2D eigenvalue weighted by atomic mass is 19.1. The molecule has 0 aliphatic rings. The van der Waals surface area contributed by atoms with E-state index in [0.29, 0.717) is 17.9 Å². The normalized spacial score (nSPS) is 9.87. The summed E-state index contributed by atoms with van der Waals surface area (Å²) in [6, 6.07) is 2.10. The molecule has 2 nitrogen and oxygen atoms in total. The predicted octanol–water partition coefficient (Wildman–Crippen LogP) is 2.85. The number of aryl methyl sites for hydroxylation is 1. The highest BCUT2D eigenvalue weighted by Gasteiger charge is 2.07. The first kappa shape index (κ1) is 11.5. The van der Waals surface area contributed by atoms with E-state index >= 15 is 0 Å². The lowest BCUT2D eigenvalue weighted by atomic mass is 10.2. The minimum atomic E-state index is -0.614. The van der Waals surface area contributed by atoms with Crippen LogP contribution in [0.15, 0.2) is 24.5 Å². The summed E-state index contributed by atoms with van der Waals surface area (Å²) < 4.78 is 30.9. The molecule has 4 heteroatoms. The summed E-state index contributed by atoms with van der Waals surface area (Å²) in [5.74, 6) is -0.712. The lowest BCUT2D eigenvalue weighted by Crippen LogP contribution is -2.08. The summed E-state index contributed by atoms with van der Waals surface area (Å²) in [4.78, 5) is 0. The van der Waals surface area contributed by atoms with E-state index in [1.165, 1.54) is 13.2 Å². The van der Waals surface area contributed by atoms with E-state index in [9.17, 15) is 8.78 Å². The van der Waals surface area contributed by atoms with E-state index in [-0.39, 0.29) is 5.69 Å². The third kappa shape index (κ3) is 2.94. The summed E-state index contributed by atoms with van der Waals surface area (Å²) in [7, 11) is 1.48. The van der Waals surface area contributed by atoms with Crippen LogP contribution in [0.2, 0.25) is 0 Å². The Kier molecular flexibility index (Phi) is 3.66. The van der Waals surface area contributed by atoms with Gasteiger partial charge in [-0.15, -0.1) is 0 Å². The molecule has 0 aliphatic heterocycles. The predicted molar refractivity (Wildman–Crippen MR) is 55.7 cm³/mol. The molecule has 15 heavy (non-hydrogen) atoms. The van der Waals surface area contributed by atoms with Crippen molar-refractivity contribution in [3.05, 3.63) is 41.7 Å². The molecule has 0 amide bonds. The van der Waals surface area contributed by atoms with Crippen molar-refractivity contribution in [1.29, 1.82) is 0 Å². The molecular weight excluding hydrogens is 200 g/mol. The van der Waals surface area contributed by atoms with Gasteiger partial charge in [0.05, 0.1) is 19.3 Å². The Morgan fingerprint density at radius 2 is 2.13 bits per heavy atom. The Hall–Kier alpha value is -1.58. The third-order valence-electron chi connectivity index (χ3n) is 2.00. The largest absolute Gasteiger partial charge is 0.500 e. The van der Waals surface area contributed by atoms with Crippen molar-refractivity contribution < 1.29 is 13.5 Å². The molecule has 82 valence electrons. The molecule has 0 atom stereocenters. The lowest BCUT2D eigenvalue weighted by molar-refractivity contribution is 0.291. The van der Waals surface area contributed by atoms with E-state index in [1.54, 1.807) is 6.92 Å². The number of methoxy groups -OCH3 is 1. The van der Waals surface area contributed by atoms with Crippen molar-refractivity contribution in [2.24, 2.45) is 0 Å². The maximum Gasteiger partial charge on any atom is 0.149 e. The van der Waals surface area contributed by atoms with Crippen LogP contribution in [0.5, 0.6) is 0 Å². The highest BCUT2D eigenvalue weighted by molar-refractivity contribution is 5.52. The van der Waals surface area contributed by atoms with Crippen LogP contribution < -0.4 is 5.32 Å². The number of halogens is 2. The van der Waals surface area contributed by atoms with Crippen molar-refractivity contribution in [2.45, 2.75) is 6.92 Å². The molecule has 0 aliphatic carbocycles. The van der Waals surface area contributed by atoms with Gasteiger partial charge in [-0.1, -0.05) is 6.58 Å². The fourth-order valence-electron chi connectivity index (χ4n) is 1.19. The fraction of sp³-hybridized carbons (Fsp3) is 0.273. The Bertz CT molecular complexity index is 354. The Labute approximate surface area is 87.6 Å². The van der Waals surface area contributed by atoms with Gasteiger partial charge in [-0.2, -0.15) is 0 Å². The first-order valence-electron chi connectivity index (χ1n) is 4.46. The summed E-state index contributed by atoms with van der Waals surface area (Å²) in [5.41, 5.74) is 0.783. The Balaban J connectivity index is 2.81. The van der Waals surface area contributed by atoms with E-state index in [1.807, 2.05) is 0 Å². The molecule has 1 aromatic carbocycles. The first-order valence-corrected chi connectivity index (χ1v) is 4.46. The molecule has 0 bridgehead atoms. The van der Waals surface area contributed by atoms with Gasteiger partial charge >= 0.3 is 0 Å². The first-order chi connectivity index (χ1) is 7.04. The summed E-state index contributed by atoms with van der Waals surface area (Å²) >= 11 is 0. The lowest BCUT2D eigenvalue weighted by Gasteiger charge is -2.11. The Morgan fingerprint density at radius 3 is 2.67 bits per heavy atom. The van der Waals surface area contributed by atoms with Crippen LogP contribution in [0.4, 0.5) is 14.5 Å². The van der Waals surface area contributed by atoms with Gasteiger partial charge in [0, 0.05) is 6.07 Å². The monoisotopic (exact) mass is 213 g/mol. The van der Waals surface area contributed by atoms with Crippen LogP contribution in [-0.2, 0) is 4.74 Å². The number of anilines is 1. The molecule has 0 heterocycles. The second-order valence-corrected chi connectivity index (χ2v) is 3.18. The Morgan fingerprint density at radius 1 is 1.47 bits per heavy atom. The number of ether oxygens (including phenoxy) is 1. The molecule has 1 N–H and O–H groups in total. The van der Waals surface area contributed by atoms with E-state index in [2.05, 4.69) is 11.9 Å². The summed E-state index contributed by atoms with van der Waals surface area (Å²) in [6.45, 7) is 5.50. The van der Waals surface area contributed by atoms with Gasteiger partial charge in [0.15, 0.2) is 0 Å². The zero-order valence-corrected chi connectivity index (χ0v) is 8.73. The number of rotatable bonds is 4. The van der Waals surface area contributed by atoms with Gasteiger partial charge in [0.1, 0.15) is 17.4 Å². The topological polar surface area (TPSA) is 21.3 Å². The number of benzene rings is 1. The van der Waals surface area contributed by atoms with Crippen molar-refractivity contribution in [3.63, 3.8) is 0 Å². The molecule has 0 radical (unpaired) electrons. The van der Waals surface area contributed by atoms with Crippen LogP contribution in [0.3, 0.4) is 0 Å². The maximum absolute atomic E-state index is 13.3. The van der Waals surface area contributed by atoms with Crippen molar-refractivity contribution in [3.8, 4) is 0 Å². The molecular formula is C11H13F2NO. The molecule has 0 saturated heterocycles. The molecule has 1 aromatic rings. The number of hydrogen-bond acceptors (Lipinski definition) is 2. The van der Waals surface area contributed by atoms with Crippen molar-refractivity contribution in [2.75, 3.05) is 19.0 Å². The molecule has 0 aromatic heterocycles. The smallest absolute Gasteiger partial charge is 0.149 e. The quantitative estimate of drug-likeness (QED) is 0.776. The maximum atomic E-state index is 13.3. The van der Waals surface area contributed by atoms with Crippen molar-refractivity contribution >= 4 is 5.69 Å².